The summed E-state index contributed by atoms with van der Waals surface area (Å²) in [6.45, 7) is 3.40. The number of benzene rings is 1. The predicted octanol–water partition coefficient (Wildman–Crippen LogP) is 1.77. The molecule has 0 aliphatic rings. The fourth-order valence-electron chi connectivity index (χ4n) is 1.64. The molecule has 0 bridgehead atoms. The lowest BCUT2D eigenvalue weighted by Gasteiger charge is -2.07. The predicted molar refractivity (Wildman–Crippen MR) is 65.9 cm³/mol. The molecule has 94 valence electrons. The molecule has 0 fully saturated rings. The number of nitrogens with zero attached hydrogens (tertiary/aromatic N) is 1. The van der Waals surface area contributed by atoms with Crippen LogP contribution in [0.25, 0.3) is 0 Å². The van der Waals surface area contributed by atoms with Gasteiger partial charge in [0.2, 0.25) is 0 Å². The molecule has 0 unspecified atom stereocenters. The van der Waals surface area contributed by atoms with Gasteiger partial charge in [-0.05, 0) is 31.9 Å². The van der Waals surface area contributed by atoms with Crippen molar-refractivity contribution in [1.29, 1.82) is 0 Å². The Hall–Kier alpha value is -1.46. The van der Waals surface area contributed by atoms with Gasteiger partial charge in [0.05, 0.1) is 4.92 Å². The van der Waals surface area contributed by atoms with E-state index < -0.39 is 0 Å². The minimum atomic E-state index is -0.357. The Bertz CT molecular complexity index is 380. The van der Waals surface area contributed by atoms with E-state index in [-0.39, 0.29) is 17.2 Å². The van der Waals surface area contributed by atoms with E-state index in [0.29, 0.717) is 12.1 Å². The number of hydrogen-bond donors (Lipinski definition) is 2. The average molecular weight is 238 g/mol. The monoisotopic (exact) mass is 238 g/mol. The highest BCUT2D eigenvalue weighted by molar-refractivity contribution is 5.44. The van der Waals surface area contributed by atoms with Crippen LogP contribution in [0.4, 0.5) is 5.69 Å². The Kier molecular flexibility index (Phi) is 5.59. The molecular weight excluding hydrogens is 220 g/mol. The number of aliphatic hydroxyl groups excluding tert-OH is 1. The van der Waals surface area contributed by atoms with Crippen LogP contribution in [0.1, 0.15) is 24.0 Å². The molecule has 5 nitrogen and oxygen atoms in total. The number of unbranched alkanes of at least 4 members (excludes halogenated alkanes) is 1. The molecule has 1 aromatic rings. The van der Waals surface area contributed by atoms with Crippen molar-refractivity contribution in [3.8, 4) is 0 Å². The molecule has 0 atom stereocenters. The fourth-order valence-corrected chi connectivity index (χ4v) is 1.64. The van der Waals surface area contributed by atoms with E-state index in [4.69, 9.17) is 5.11 Å². The van der Waals surface area contributed by atoms with Crippen molar-refractivity contribution in [3.63, 3.8) is 0 Å². The summed E-state index contributed by atoms with van der Waals surface area (Å²) >= 11 is 0. The van der Waals surface area contributed by atoms with Gasteiger partial charge in [0, 0.05) is 24.8 Å². The molecule has 0 aromatic heterocycles. The smallest absolute Gasteiger partial charge is 0.272 e. The van der Waals surface area contributed by atoms with Gasteiger partial charge in [-0.25, -0.2) is 0 Å². The molecule has 0 heterocycles. The molecule has 0 aliphatic heterocycles. The topological polar surface area (TPSA) is 75.4 Å². The molecule has 0 amide bonds. The molecule has 0 saturated carbocycles. The first kappa shape index (κ1) is 13.6. The Labute approximate surface area is 101 Å². The molecule has 5 heteroatoms. The highest BCUT2D eigenvalue weighted by Crippen LogP contribution is 2.20. The Balaban J connectivity index is 2.54. The minimum absolute atomic E-state index is 0.166. The van der Waals surface area contributed by atoms with Gasteiger partial charge >= 0.3 is 0 Å². The summed E-state index contributed by atoms with van der Waals surface area (Å²) in [4.78, 5) is 10.4. The number of aliphatic hydroxyl groups is 1. The van der Waals surface area contributed by atoms with Gasteiger partial charge in [-0.2, -0.15) is 0 Å². The molecule has 17 heavy (non-hydrogen) atoms. The molecule has 1 rings (SSSR count). The molecule has 0 radical (unpaired) electrons. The second-order valence-electron chi connectivity index (χ2n) is 3.93. The van der Waals surface area contributed by atoms with E-state index >= 15 is 0 Å². The number of nitro benzene ring substituents is 1. The summed E-state index contributed by atoms with van der Waals surface area (Å²) in [6.07, 6.45) is 1.69. The van der Waals surface area contributed by atoms with Crippen LogP contribution in [0.5, 0.6) is 0 Å². The van der Waals surface area contributed by atoms with Gasteiger partial charge in [-0.15, -0.1) is 0 Å². The largest absolute Gasteiger partial charge is 0.396 e. The maximum absolute atomic E-state index is 10.7. The molecular formula is C12H18N2O3. The average Bonchev–Trinajstić information content (AvgIpc) is 2.30. The fraction of sp³-hybridized carbons (Fsp3) is 0.500. The second kappa shape index (κ2) is 6.98. The minimum Gasteiger partial charge on any atom is -0.396 e. The molecule has 0 spiro atoms. The highest BCUT2D eigenvalue weighted by Gasteiger charge is 2.12. The zero-order chi connectivity index (χ0) is 12.7. The first-order valence-electron chi connectivity index (χ1n) is 5.71. The van der Waals surface area contributed by atoms with E-state index in [1.54, 1.807) is 13.0 Å². The molecule has 2 N–H and O–H groups in total. The third-order valence-corrected chi connectivity index (χ3v) is 2.69. The number of hydrogen-bond acceptors (Lipinski definition) is 4. The van der Waals surface area contributed by atoms with Gasteiger partial charge in [0.25, 0.3) is 5.69 Å². The van der Waals surface area contributed by atoms with Crippen molar-refractivity contribution < 1.29 is 10.0 Å². The van der Waals surface area contributed by atoms with E-state index in [9.17, 15) is 10.1 Å². The number of rotatable bonds is 7. The normalized spacial score (nSPS) is 10.5. The third kappa shape index (κ3) is 4.13. The first-order chi connectivity index (χ1) is 8.16. The summed E-state index contributed by atoms with van der Waals surface area (Å²) in [5.41, 5.74) is 1.83. The summed E-state index contributed by atoms with van der Waals surface area (Å²) in [5.74, 6) is 0. The van der Waals surface area contributed by atoms with Crippen molar-refractivity contribution in [2.45, 2.75) is 26.3 Å². The van der Waals surface area contributed by atoms with Crippen molar-refractivity contribution in [3.05, 3.63) is 39.4 Å². The van der Waals surface area contributed by atoms with E-state index in [1.165, 1.54) is 6.07 Å². The Morgan fingerprint density at radius 3 is 2.82 bits per heavy atom. The van der Waals surface area contributed by atoms with Crippen LogP contribution in [0.2, 0.25) is 0 Å². The van der Waals surface area contributed by atoms with Gasteiger partial charge < -0.3 is 10.4 Å². The third-order valence-electron chi connectivity index (χ3n) is 2.69. The molecule has 1 aromatic carbocycles. The lowest BCUT2D eigenvalue weighted by atomic mass is 10.1. The lowest BCUT2D eigenvalue weighted by Crippen LogP contribution is -2.16. The van der Waals surface area contributed by atoms with Crippen molar-refractivity contribution in [2.24, 2.45) is 0 Å². The van der Waals surface area contributed by atoms with Crippen LogP contribution < -0.4 is 5.32 Å². The van der Waals surface area contributed by atoms with E-state index in [0.717, 1.165) is 24.9 Å². The quantitative estimate of drug-likeness (QED) is 0.431. The van der Waals surface area contributed by atoms with E-state index in [1.807, 2.05) is 6.07 Å². The summed E-state index contributed by atoms with van der Waals surface area (Å²) < 4.78 is 0. The van der Waals surface area contributed by atoms with Gasteiger partial charge in [-0.1, -0.05) is 12.1 Å². The van der Waals surface area contributed by atoms with Crippen LogP contribution >= 0.6 is 0 Å². The SMILES string of the molecule is Cc1c(CNCCCCO)cccc1[N+](=O)[O-]. The van der Waals surface area contributed by atoms with Crippen LogP contribution in [0.3, 0.4) is 0 Å². The summed E-state index contributed by atoms with van der Waals surface area (Å²) in [7, 11) is 0. The van der Waals surface area contributed by atoms with Gasteiger partial charge in [0.15, 0.2) is 0 Å². The van der Waals surface area contributed by atoms with Crippen molar-refractivity contribution in [1.82, 2.24) is 5.32 Å². The molecule has 0 saturated heterocycles. The van der Waals surface area contributed by atoms with Crippen LogP contribution in [-0.4, -0.2) is 23.2 Å². The highest BCUT2D eigenvalue weighted by atomic mass is 16.6. The lowest BCUT2D eigenvalue weighted by molar-refractivity contribution is -0.385. The van der Waals surface area contributed by atoms with Crippen LogP contribution in [-0.2, 0) is 6.54 Å². The maximum Gasteiger partial charge on any atom is 0.272 e. The number of nitro groups is 1. The Morgan fingerprint density at radius 2 is 2.18 bits per heavy atom. The summed E-state index contributed by atoms with van der Waals surface area (Å²) in [5, 5.41) is 22.6. The second-order valence-corrected chi connectivity index (χ2v) is 3.93. The maximum atomic E-state index is 10.7. The van der Waals surface area contributed by atoms with Gasteiger partial charge in [0.1, 0.15) is 0 Å². The number of nitrogens with one attached hydrogen (secondary N) is 1. The zero-order valence-corrected chi connectivity index (χ0v) is 9.98. The van der Waals surface area contributed by atoms with Crippen molar-refractivity contribution >= 4 is 5.69 Å². The van der Waals surface area contributed by atoms with Crippen molar-refractivity contribution in [2.75, 3.05) is 13.2 Å². The van der Waals surface area contributed by atoms with E-state index in [2.05, 4.69) is 5.32 Å². The van der Waals surface area contributed by atoms with Crippen LogP contribution in [0.15, 0.2) is 18.2 Å². The molecule has 0 aliphatic carbocycles. The van der Waals surface area contributed by atoms with Crippen LogP contribution in [0, 0.1) is 17.0 Å². The first-order valence-corrected chi connectivity index (χ1v) is 5.71. The standard InChI is InChI=1S/C12H18N2O3/c1-10-11(9-13-7-2-3-8-15)5-4-6-12(10)14(16)17/h4-6,13,15H,2-3,7-9H2,1H3. The summed E-state index contributed by atoms with van der Waals surface area (Å²) in [6, 6.07) is 5.11. The Morgan fingerprint density at radius 1 is 1.41 bits per heavy atom. The zero-order valence-electron chi connectivity index (χ0n) is 9.98. The van der Waals surface area contributed by atoms with Gasteiger partial charge in [-0.3, -0.25) is 10.1 Å².